The summed E-state index contributed by atoms with van der Waals surface area (Å²) in [5.41, 5.74) is -0.0406. The zero-order chi connectivity index (χ0) is 13.8. The van der Waals surface area contributed by atoms with Gasteiger partial charge in [0.1, 0.15) is 0 Å². The molecule has 0 bridgehead atoms. The highest BCUT2D eigenvalue weighted by molar-refractivity contribution is 4.89. The topological polar surface area (TPSA) is 24.5 Å². The summed E-state index contributed by atoms with van der Waals surface area (Å²) in [5, 5.41) is 3.68. The van der Waals surface area contributed by atoms with Crippen LogP contribution in [0.5, 0.6) is 0 Å². The van der Waals surface area contributed by atoms with Gasteiger partial charge in [-0.2, -0.15) is 0 Å². The number of rotatable bonds is 6. The van der Waals surface area contributed by atoms with Gasteiger partial charge in [-0.05, 0) is 33.1 Å². The molecular formula is C15H32N2O. The standard InChI is InChI=1S/C15H32N2O/c1-7-13-9-16-14(12(3)4)10-17(13)11-15(5,6)18-8-2/h12-14,16H,7-11H2,1-6H3. The number of ether oxygens (including phenoxy) is 1. The molecule has 3 nitrogen and oxygen atoms in total. The van der Waals surface area contributed by atoms with Crippen LogP contribution in [0, 0.1) is 5.92 Å². The Morgan fingerprint density at radius 2 is 2.00 bits per heavy atom. The van der Waals surface area contributed by atoms with Gasteiger partial charge in [-0.15, -0.1) is 0 Å². The van der Waals surface area contributed by atoms with E-state index in [1.807, 2.05) is 0 Å². The van der Waals surface area contributed by atoms with Crippen LogP contribution in [0.4, 0.5) is 0 Å². The Balaban J connectivity index is 2.62. The van der Waals surface area contributed by atoms with Crippen LogP contribution in [-0.2, 0) is 4.74 Å². The molecule has 3 heteroatoms. The highest BCUT2D eigenvalue weighted by Crippen LogP contribution is 2.19. The average molecular weight is 256 g/mol. The van der Waals surface area contributed by atoms with Gasteiger partial charge in [-0.3, -0.25) is 4.90 Å². The minimum absolute atomic E-state index is 0.0406. The Morgan fingerprint density at radius 1 is 1.33 bits per heavy atom. The van der Waals surface area contributed by atoms with E-state index in [4.69, 9.17) is 4.74 Å². The molecule has 1 aliphatic heterocycles. The van der Waals surface area contributed by atoms with Crippen molar-refractivity contribution < 1.29 is 4.74 Å². The van der Waals surface area contributed by atoms with Crippen molar-refractivity contribution in [3.05, 3.63) is 0 Å². The fourth-order valence-corrected chi connectivity index (χ4v) is 2.85. The smallest absolute Gasteiger partial charge is 0.0752 e. The first-order chi connectivity index (χ1) is 8.39. The van der Waals surface area contributed by atoms with Gasteiger partial charge < -0.3 is 10.1 Å². The van der Waals surface area contributed by atoms with E-state index >= 15 is 0 Å². The summed E-state index contributed by atoms with van der Waals surface area (Å²) in [6.45, 7) is 17.5. The first-order valence-electron chi connectivity index (χ1n) is 7.51. The predicted molar refractivity (Wildman–Crippen MR) is 78.0 cm³/mol. The zero-order valence-corrected chi connectivity index (χ0v) is 13.1. The van der Waals surface area contributed by atoms with Crippen LogP contribution in [0.3, 0.4) is 0 Å². The third-order valence-electron chi connectivity index (χ3n) is 3.96. The van der Waals surface area contributed by atoms with Crippen LogP contribution in [0.25, 0.3) is 0 Å². The van der Waals surface area contributed by atoms with E-state index < -0.39 is 0 Å². The number of piperazine rings is 1. The van der Waals surface area contributed by atoms with E-state index in [9.17, 15) is 0 Å². The maximum atomic E-state index is 5.86. The molecule has 2 atom stereocenters. The summed E-state index contributed by atoms with van der Waals surface area (Å²) in [4.78, 5) is 2.62. The van der Waals surface area contributed by atoms with Gasteiger partial charge in [0.25, 0.3) is 0 Å². The molecule has 108 valence electrons. The molecule has 18 heavy (non-hydrogen) atoms. The van der Waals surface area contributed by atoms with Crippen LogP contribution in [-0.4, -0.2) is 48.8 Å². The van der Waals surface area contributed by atoms with Crippen molar-refractivity contribution >= 4 is 0 Å². The number of nitrogens with one attached hydrogen (secondary N) is 1. The van der Waals surface area contributed by atoms with Gasteiger partial charge in [-0.1, -0.05) is 20.8 Å². The summed E-state index contributed by atoms with van der Waals surface area (Å²) in [7, 11) is 0. The third kappa shape index (κ3) is 4.52. The molecule has 1 N–H and O–H groups in total. The van der Waals surface area contributed by atoms with Crippen molar-refractivity contribution in [3.63, 3.8) is 0 Å². The van der Waals surface area contributed by atoms with Gasteiger partial charge in [0.05, 0.1) is 5.60 Å². The Kier molecular flexibility index (Phi) is 6.09. The third-order valence-corrected chi connectivity index (χ3v) is 3.96. The van der Waals surface area contributed by atoms with Crippen molar-refractivity contribution in [2.75, 3.05) is 26.2 Å². The Morgan fingerprint density at radius 3 is 2.50 bits per heavy atom. The highest BCUT2D eigenvalue weighted by atomic mass is 16.5. The fraction of sp³-hybridized carbons (Fsp3) is 1.00. The molecule has 1 saturated heterocycles. The summed E-state index contributed by atoms with van der Waals surface area (Å²) >= 11 is 0. The molecule has 0 radical (unpaired) electrons. The lowest BCUT2D eigenvalue weighted by Gasteiger charge is -2.44. The van der Waals surface area contributed by atoms with Crippen molar-refractivity contribution in [2.24, 2.45) is 5.92 Å². The van der Waals surface area contributed by atoms with Crippen LogP contribution in [0.15, 0.2) is 0 Å². The second-order valence-electron chi connectivity index (χ2n) is 6.44. The lowest BCUT2D eigenvalue weighted by molar-refractivity contribution is -0.0508. The molecule has 1 heterocycles. The molecular weight excluding hydrogens is 224 g/mol. The van der Waals surface area contributed by atoms with Crippen LogP contribution in [0.1, 0.15) is 48.0 Å². The largest absolute Gasteiger partial charge is 0.375 e. The van der Waals surface area contributed by atoms with E-state index in [0.29, 0.717) is 18.0 Å². The van der Waals surface area contributed by atoms with Crippen molar-refractivity contribution in [1.29, 1.82) is 0 Å². The first-order valence-corrected chi connectivity index (χ1v) is 7.51. The van der Waals surface area contributed by atoms with Gasteiger partial charge in [0.2, 0.25) is 0 Å². The summed E-state index contributed by atoms with van der Waals surface area (Å²) in [5.74, 6) is 0.695. The number of hydrogen-bond donors (Lipinski definition) is 1. The normalized spacial score (nSPS) is 26.8. The van der Waals surface area contributed by atoms with Gasteiger partial charge in [-0.25, -0.2) is 0 Å². The molecule has 0 aromatic heterocycles. The molecule has 0 spiro atoms. The van der Waals surface area contributed by atoms with Crippen molar-refractivity contribution in [1.82, 2.24) is 10.2 Å². The minimum Gasteiger partial charge on any atom is -0.375 e. The van der Waals surface area contributed by atoms with Crippen LogP contribution in [0.2, 0.25) is 0 Å². The second kappa shape index (κ2) is 6.88. The molecule has 0 saturated carbocycles. The monoisotopic (exact) mass is 256 g/mol. The van der Waals surface area contributed by atoms with E-state index in [0.717, 1.165) is 26.2 Å². The summed E-state index contributed by atoms with van der Waals surface area (Å²) < 4.78 is 5.86. The first kappa shape index (κ1) is 15.9. The summed E-state index contributed by atoms with van der Waals surface area (Å²) in [6, 6.07) is 1.27. The Hall–Kier alpha value is -0.120. The maximum absolute atomic E-state index is 5.86. The van der Waals surface area contributed by atoms with E-state index in [1.54, 1.807) is 0 Å². The maximum Gasteiger partial charge on any atom is 0.0752 e. The molecule has 1 rings (SSSR count). The van der Waals surface area contributed by atoms with Gasteiger partial charge in [0, 0.05) is 38.3 Å². The van der Waals surface area contributed by atoms with Crippen LogP contribution >= 0.6 is 0 Å². The lowest BCUT2D eigenvalue weighted by atomic mass is 9.96. The minimum atomic E-state index is -0.0406. The number of hydrogen-bond acceptors (Lipinski definition) is 3. The van der Waals surface area contributed by atoms with Gasteiger partial charge >= 0.3 is 0 Å². The quantitative estimate of drug-likeness (QED) is 0.790. The van der Waals surface area contributed by atoms with E-state index in [-0.39, 0.29) is 5.60 Å². The summed E-state index contributed by atoms with van der Waals surface area (Å²) in [6.07, 6.45) is 1.21. The molecule has 0 amide bonds. The number of nitrogens with zero attached hydrogens (tertiary/aromatic N) is 1. The Labute approximate surface area is 113 Å². The van der Waals surface area contributed by atoms with Gasteiger partial charge in [0.15, 0.2) is 0 Å². The van der Waals surface area contributed by atoms with Crippen molar-refractivity contribution in [3.8, 4) is 0 Å². The molecule has 0 aromatic carbocycles. The Bertz CT molecular complexity index is 241. The molecule has 1 fully saturated rings. The molecule has 0 aliphatic carbocycles. The molecule has 2 unspecified atom stereocenters. The van der Waals surface area contributed by atoms with Crippen molar-refractivity contribution in [2.45, 2.75) is 65.6 Å². The second-order valence-corrected chi connectivity index (χ2v) is 6.44. The lowest BCUT2D eigenvalue weighted by Crippen LogP contribution is -2.60. The predicted octanol–water partition coefficient (Wildman–Crippen LogP) is 2.51. The highest BCUT2D eigenvalue weighted by Gasteiger charge is 2.32. The SMILES string of the molecule is CCOC(C)(C)CN1CC(C(C)C)NCC1CC. The average Bonchev–Trinajstić information content (AvgIpc) is 2.28. The molecule has 1 aliphatic rings. The fourth-order valence-electron chi connectivity index (χ4n) is 2.85. The van der Waals surface area contributed by atoms with E-state index in [1.165, 1.54) is 6.42 Å². The van der Waals surface area contributed by atoms with E-state index in [2.05, 4.69) is 51.8 Å². The van der Waals surface area contributed by atoms with Crippen LogP contribution < -0.4 is 5.32 Å². The zero-order valence-electron chi connectivity index (χ0n) is 13.1. The molecule has 0 aromatic rings.